The van der Waals surface area contributed by atoms with Crippen molar-refractivity contribution in [2.45, 2.75) is 18.9 Å². The van der Waals surface area contributed by atoms with Crippen LogP contribution in [0.2, 0.25) is 0 Å². The van der Waals surface area contributed by atoms with Crippen molar-refractivity contribution in [3.63, 3.8) is 0 Å². The first-order valence-electron chi connectivity index (χ1n) is 6.09. The van der Waals surface area contributed by atoms with Crippen LogP contribution >= 0.6 is 0 Å². The van der Waals surface area contributed by atoms with E-state index in [2.05, 4.69) is 10.6 Å². The van der Waals surface area contributed by atoms with Gasteiger partial charge in [-0.1, -0.05) is 0 Å². The number of carboxylic acids is 1. The number of carbonyl (C=O) groups is 3. The number of methoxy groups -OCH3 is 1. The summed E-state index contributed by atoms with van der Waals surface area (Å²) in [5.41, 5.74) is 0. The minimum absolute atomic E-state index is 0.175. The fraction of sp³-hybridized carbons (Fsp3) is 0.727. The van der Waals surface area contributed by atoms with Gasteiger partial charge in [-0.3, -0.25) is 4.79 Å². The van der Waals surface area contributed by atoms with Crippen molar-refractivity contribution >= 4 is 17.9 Å². The Bertz CT molecular complexity index is 347. The molecule has 8 heteroatoms. The van der Waals surface area contributed by atoms with Crippen LogP contribution in [-0.4, -0.2) is 67.3 Å². The molecule has 108 valence electrons. The maximum absolute atomic E-state index is 11.7. The van der Waals surface area contributed by atoms with Crippen LogP contribution in [0.15, 0.2) is 0 Å². The lowest BCUT2D eigenvalue weighted by atomic mass is 10.2. The fourth-order valence-electron chi connectivity index (χ4n) is 1.88. The van der Waals surface area contributed by atoms with E-state index in [1.165, 1.54) is 12.0 Å². The van der Waals surface area contributed by atoms with Crippen LogP contribution in [0.4, 0.5) is 4.79 Å². The average molecular weight is 273 g/mol. The van der Waals surface area contributed by atoms with Crippen molar-refractivity contribution in [2.24, 2.45) is 0 Å². The zero-order valence-corrected chi connectivity index (χ0v) is 10.8. The summed E-state index contributed by atoms with van der Waals surface area (Å²) in [6.07, 6.45) is 1.10. The van der Waals surface area contributed by atoms with Gasteiger partial charge in [0, 0.05) is 20.2 Å². The standard InChI is InChI=1S/C11H19N3O5/c1-19-6-4-12-9(15)7-13-11(18)14-5-2-3-8(14)10(16)17/h8H,2-7H2,1H3,(H,12,15)(H,13,18)(H,16,17). The Hall–Kier alpha value is -1.83. The molecule has 1 aliphatic heterocycles. The van der Waals surface area contributed by atoms with Gasteiger partial charge < -0.3 is 25.4 Å². The molecule has 0 aliphatic carbocycles. The molecule has 0 saturated carbocycles. The van der Waals surface area contributed by atoms with E-state index in [1.54, 1.807) is 0 Å². The highest BCUT2D eigenvalue weighted by atomic mass is 16.5. The lowest BCUT2D eigenvalue weighted by Crippen LogP contribution is -2.48. The molecule has 1 atom stereocenters. The SMILES string of the molecule is COCCNC(=O)CNC(=O)N1CCCC1C(=O)O. The van der Waals surface area contributed by atoms with Crippen LogP contribution in [0, 0.1) is 0 Å². The van der Waals surface area contributed by atoms with Crippen molar-refractivity contribution < 1.29 is 24.2 Å². The Balaban J connectivity index is 2.30. The number of aliphatic carboxylic acids is 1. The van der Waals surface area contributed by atoms with Crippen LogP contribution < -0.4 is 10.6 Å². The highest BCUT2D eigenvalue weighted by Gasteiger charge is 2.33. The van der Waals surface area contributed by atoms with Gasteiger partial charge in [0.05, 0.1) is 13.2 Å². The summed E-state index contributed by atoms with van der Waals surface area (Å²) in [5, 5.41) is 13.9. The van der Waals surface area contributed by atoms with Crippen molar-refractivity contribution in [3.05, 3.63) is 0 Å². The zero-order valence-electron chi connectivity index (χ0n) is 10.8. The maximum Gasteiger partial charge on any atom is 0.326 e. The van der Waals surface area contributed by atoms with Crippen molar-refractivity contribution in [1.29, 1.82) is 0 Å². The molecule has 3 N–H and O–H groups in total. The Morgan fingerprint density at radius 3 is 2.74 bits per heavy atom. The number of hydrogen-bond donors (Lipinski definition) is 3. The number of nitrogens with one attached hydrogen (secondary N) is 2. The molecule has 0 aromatic heterocycles. The first kappa shape index (κ1) is 15.2. The molecule has 3 amide bonds. The molecule has 1 saturated heterocycles. The molecule has 0 bridgehead atoms. The second-order valence-corrected chi connectivity index (χ2v) is 4.19. The Morgan fingerprint density at radius 1 is 1.37 bits per heavy atom. The topological polar surface area (TPSA) is 108 Å². The van der Waals surface area contributed by atoms with Crippen LogP contribution in [0.25, 0.3) is 0 Å². The number of rotatable bonds is 6. The quantitative estimate of drug-likeness (QED) is 0.538. The van der Waals surface area contributed by atoms with Gasteiger partial charge in [0.2, 0.25) is 5.91 Å². The minimum atomic E-state index is -1.02. The highest BCUT2D eigenvalue weighted by Crippen LogP contribution is 2.16. The number of carboxylic acid groups (broad SMARTS) is 1. The van der Waals surface area contributed by atoms with Gasteiger partial charge in [0.25, 0.3) is 0 Å². The van der Waals surface area contributed by atoms with E-state index in [4.69, 9.17) is 9.84 Å². The lowest BCUT2D eigenvalue weighted by molar-refractivity contribution is -0.141. The van der Waals surface area contributed by atoms with Crippen molar-refractivity contribution in [1.82, 2.24) is 15.5 Å². The first-order valence-corrected chi connectivity index (χ1v) is 6.09. The molecule has 1 unspecified atom stereocenters. The zero-order chi connectivity index (χ0) is 14.3. The summed E-state index contributed by atoms with van der Waals surface area (Å²) in [5.74, 6) is -1.35. The molecule has 1 rings (SSSR count). The summed E-state index contributed by atoms with van der Waals surface area (Å²) >= 11 is 0. The van der Waals surface area contributed by atoms with E-state index in [0.29, 0.717) is 32.5 Å². The average Bonchev–Trinajstić information content (AvgIpc) is 2.85. The summed E-state index contributed by atoms with van der Waals surface area (Å²) in [4.78, 5) is 35.2. The normalized spacial score (nSPS) is 18.2. The summed E-state index contributed by atoms with van der Waals surface area (Å²) in [6, 6.07) is -1.32. The van der Waals surface area contributed by atoms with Crippen LogP contribution in [0.1, 0.15) is 12.8 Å². The second-order valence-electron chi connectivity index (χ2n) is 4.19. The monoisotopic (exact) mass is 273 g/mol. The highest BCUT2D eigenvalue weighted by molar-refractivity contribution is 5.87. The number of urea groups is 1. The van der Waals surface area contributed by atoms with Gasteiger partial charge in [-0.15, -0.1) is 0 Å². The van der Waals surface area contributed by atoms with E-state index in [-0.39, 0.29) is 12.5 Å². The maximum atomic E-state index is 11.7. The predicted octanol–water partition coefficient (Wildman–Crippen LogP) is -0.992. The van der Waals surface area contributed by atoms with Crippen LogP contribution in [-0.2, 0) is 14.3 Å². The van der Waals surface area contributed by atoms with Gasteiger partial charge in [-0.2, -0.15) is 0 Å². The smallest absolute Gasteiger partial charge is 0.326 e. The number of amides is 3. The Kier molecular flexibility index (Phi) is 6.07. The van der Waals surface area contributed by atoms with Crippen molar-refractivity contribution in [2.75, 3.05) is 33.4 Å². The molecular formula is C11H19N3O5. The van der Waals surface area contributed by atoms with E-state index >= 15 is 0 Å². The molecule has 8 nitrogen and oxygen atoms in total. The first-order chi connectivity index (χ1) is 9.06. The molecule has 1 heterocycles. The molecule has 1 fully saturated rings. The van der Waals surface area contributed by atoms with Crippen LogP contribution in [0.3, 0.4) is 0 Å². The third kappa shape index (κ3) is 4.74. The number of carbonyl (C=O) groups excluding carboxylic acids is 2. The van der Waals surface area contributed by atoms with Gasteiger partial charge >= 0.3 is 12.0 Å². The van der Waals surface area contributed by atoms with Crippen molar-refractivity contribution in [3.8, 4) is 0 Å². The molecular weight excluding hydrogens is 254 g/mol. The molecule has 0 aromatic rings. The van der Waals surface area contributed by atoms with Crippen LogP contribution in [0.5, 0.6) is 0 Å². The molecule has 19 heavy (non-hydrogen) atoms. The van der Waals surface area contributed by atoms with Gasteiger partial charge in [-0.05, 0) is 12.8 Å². The van der Waals surface area contributed by atoms with E-state index in [0.717, 1.165) is 0 Å². The molecule has 0 spiro atoms. The van der Waals surface area contributed by atoms with E-state index in [1.807, 2.05) is 0 Å². The second kappa shape index (κ2) is 7.57. The van der Waals surface area contributed by atoms with Gasteiger partial charge in [0.1, 0.15) is 6.04 Å². The summed E-state index contributed by atoms with van der Waals surface area (Å²) in [6.45, 7) is 0.985. The Morgan fingerprint density at radius 2 is 2.11 bits per heavy atom. The van der Waals surface area contributed by atoms with Gasteiger partial charge in [-0.25, -0.2) is 9.59 Å². The number of hydrogen-bond acceptors (Lipinski definition) is 4. The minimum Gasteiger partial charge on any atom is -0.480 e. The van der Waals surface area contributed by atoms with E-state index in [9.17, 15) is 14.4 Å². The molecule has 0 radical (unpaired) electrons. The summed E-state index contributed by atoms with van der Waals surface area (Å²) in [7, 11) is 1.52. The third-order valence-electron chi connectivity index (χ3n) is 2.83. The van der Waals surface area contributed by atoms with E-state index < -0.39 is 18.0 Å². The van der Waals surface area contributed by atoms with Gasteiger partial charge in [0.15, 0.2) is 0 Å². The number of likely N-dealkylation sites (tertiary alicyclic amines) is 1. The molecule has 1 aliphatic rings. The Labute approximate surface area is 111 Å². The largest absolute Gasteiger partial charge is 0.480 e. The number of ether oxygens (including phenoxy) is 1. The third-order valence-corrected chi connectivity index (χ3v) is 2.83. The summed E-state index contributed by atoms with van der Waals surface area (Å²) < 4.78 is 4.76. The molecule has 0 aromatic carbocycles. The lowest BCUT2D eigenvalue weighted by Gasteiger charge is -2.21. The number of nitrogens with zero attached hydrogens (tertiary/aromatic N) is 1. The predicted molar refractivity (Wildman–Crippen MR) is 65.6 cm³/mol. The fourth-order valence-corrected chi connectivity index (χ4v) is 1.88.